The molecule has 0 aromatic carbocycles. The van der Waals surface area contributed by atoms with Crippen molar-refractivity contribution >= 4 is 6.21 Å². The summed E-state index contributed by atoms with van der Waals surface area (Å²) in [5.74, 6) is 0. The topological polar surface area (TPSA) is 81.6 Å². The third-order valence-corrected chi connectivity index (χ3v) is 5.01. The number of hydrogen-bond acceptors (Lipinski definition) is 6. The van der Waals surface area contributed by atoms with Crippen molar-refractivity contribution in [2.75, 3.05) is 0 Å². The molecule has 0 saturated heterocycles. The molecule has 2 aliphatic carbocycles. The monoisotopic (exact) mass is 302 g/mol. The van der Waals surface area contributed by atoms with Gasteiger partial charge in [-0.1, -0.05) is 5.10 Å². The second kappa shape index (κ2) is 5.08. The van der Waals surface area contributed by atoms with Crippen LogP contribution in [0.5, 0.6) is 6.01 Å². The normalized spacial score (nSPS) is 32.5. The van der Waals surface area contributed by atoms with E-state index in [1.807, 2.05) is 12.3 Å². The molecule has 118 valence electrons. The predicted octanol–water partition coefficient (Wildman–Crippen LogP) is 1.23. The van der Waals surface area contributed by atoms with Crippen LogP contribution in [0.2, 0.25) is 0 Å². The van der Waals surface area contributed by atoms with Crippen LogP contribution in [0.1, 0.15) is 39.0 Å². The summed E-state index contributed by atoms with van der Waals surface area (Å²) in [5.41, 5.74) is 6.20. The van der Waals surface area contributed by atoms with Crippen molar-refractivity contribution in [1.29, 1.82) is 0 Å². The minimum atomic E-state index is -0.275. The quantitative estimate of drug-likeness (QED) is 0.904. The largest absolute Gasteiger partial charge is 0.460 e. The maximum atomic E-state index is 6.13. The van der Waals surface area contributed by atoms with Crippen LogP contribution in [0.3, 0.4) is 0 Å². The van der Waals surface area contributed by atoms with E-state index in [0.717, 1.165) is 19.3 Å². The molecule has 3 aliphatic rings. The van der Waals surface area contributed by atoms with Gasteiger partial charge in [-0.25, -0.2) is 0 Å². The van der Waals surface area contributed by atoms with Crippen LogP contribution in [0, 0.1) is 0 Å². The van der Waals surface area contributed by atoms with Gasteiger partial charge >= 0.3 is 6.01 Å². The van der Waals surface area contributed by atoms with E-state index in [4.69, 9.17) is 10.5 Å². The molecule has 3 atom stereocenters. The van der Waals surface area contributed by atoms with E-state index in [2.05, 4.69) is 31.6 Å². The fourth-order valence-corrected chi connectivity index (χ4v) is 3.32. The molecular weight excluding hydrogens is 280 g/mol. The van der Waals surface area contributed by atoms with Crippen molar-refractivity contribution in [3.05, 3.63) is 18.6 Å². The Hall–Kier alpha value is -1.89. The van der Waals surface area contributed by atoms with Crippen molar-refractivity contribution < 1.29 is 4.74 Å². The summed E-state index contributed by atoms with van der Waals surface area (Å²) in [6.45, 7) is 2.22. The summed E-state index contributed by atoms with van der Waals surface area (Å²) in [6.07, 6.45) is 12.7. The highest BCUT2D eigenvalue weighted by Crippen LogP contribution is 2.45. The van der Waals surface area contributed by atoms with Crippen LogP contribution in [-0.4, -0.2) is 44.3 Å². The second-order valence-electron chi connectivity index (χ2n) is 6.69. The Labute approximate surface area is 129 Å². The second-order valence-corrected chi connectivity index (χ2v) is 6.69. The van der Waals surface area contributed by atoms with Gasteiger partial charge in [0, 0.05) is 30.4 Å². The van der Waals surface area contributed by atoms with Crippen LogP contribution in [0.15, 0.2) is 23.6 Å². The van der Waals surface area contributed by atoms with Crippen molar-refractivity contribution in [2.24, 2.45) is 10.7 Å². The lowest BCUT2D eigenvalue weighted by Crippen LogP contribution is -2.44. The van der Waals surface area contributed by atoms with Gasteiger partial charge in [-0.2, -0.15) is 0 Å². The molecule has 0 spiro atoms. The van der Waals surface area contributed by atoms with Gasteiger partial charge in [-0.15, -0.1) is 5.10 Å². The lowest BCUT2D eigenvalue weighted by atomic mass is 10.2. The summed E-state index contributed by atoms with van der Waals surface area (Å²) >= 11 is 0. The zero-order valence-electron chi connectivity index (χ0n) is 12.8. The van der Waals surface area contributed by atoms with Crippen LogP contribution in [0.25, 0.3) is 0 Å². The molecule has 7 heteroatoms. The van der Waals surface area contributed by atoms with Crippen LogP contribution in [0.4, 0.5) is 0 Å². The molecular formula is C15H22N6O. The van der Waals surface area contributed by atoms with Crippen molar-refractivity contribution in [3.63, 3.8) is 0 Å². The summed E-state index contributed by atoms with van der Waals surface area (Å²) in [5, 5.41) is 8.17. The first-order valence-corrected chi connectivity index (χ1v) is 7.96. The van der Waals surface area contributed by atoms with E-state index in [1.54, 1.807) is 12.5 Å². The van der Waals surface area contributed by atoms with Crippen molar-refractivity contribution in [1.82, 2.24) is 19.7 Å². The number of rotatable bonds is 4. The van der Waals surface area contributed by atoms with Crippen molar-refractivity contribution in [3.8, 4) is 6.01 Å². The zero-order chi connectivity index (χ0) is 15.2. The Morgan fingerprint density at radius 1 is 1.36 bits per heavy atom. The highest BCUT2D eigenvalue weighted by molar-refractivity contribution is 5.71. The average Bonchev–Trinajstić information content (AvgIpc) is 2.93. The molecule has 0 amide bonds. The molecule has 7 nitrogen and oxygen atoms in total. The molecule has 1 aromatic rings. The molecule has 4 rings (SSSR count). The fourth-order valence-electron chi connectivity index (χ4n) is 3.32. The first-order chi connectivity index (χ1) is 10.7. The third kappa shape index (κ3) is 2.39. The molecule has 1 aromatic heterocycles. The van der Waals surface area contributed by atoms with E-state index in [9.17, 15) is 0 Å². The SMILES string of the molecule is CC1(n2cnnc2O[C@H]2CCC(N3C=CC=NC3N)C2)CC1. The molecule has 22 heavy (non-hydrogen) atoms. The lowest BCUT2D eigenvalue weighted by Gasteiger charge is -2.32. The standard InChI is InChI=1S/C15H22N6O/c1-15(5-6-15)21-10-18-19-14(21)22-12-4-3-11(9-12)20-8-2-7-17-13(20)16/h2,7-8,10-13H,3-6,9,16H2,1H3/t11?,12-,13?/m0/s1. The van der Waals surface area contributed by atoms with Gasteiger partial charge in [0.05, 0.1) is 0 Å². The summed E-state index contributed by atoms with van der Waals surface area (Å²) in [7, 11) is 0. The van der Waals surface area contributed by atoms with Crippen LogP contribution in [-0.2, 0) is 5.54 Å². The van der Waals surface area contributed by atoms with E-state index in [1.165, 1.54) is 12.8 Å². The van der Waals surface area contributed by atoms with Gasteiger partial charge in [0.2, 0.25) is 0 Å². The maximum absolute atomic E-state index is 6.13. The number of aliphatic imine (C=N–C) groups is 1. The van der Waals surface area contributed by atoms with Crippen LogP contribution >= 0.6 is 0 Å². The Bertz CT molecular complexity index is 605. The van der Waals surface area contributed by atoms with Gasteiger partial charge in [0.25, 0.3) is 0 Å². The Morgan fingerprint density at radius 2 is 2.23 bits per heavy atom. The van der Waals surface area contributed by atoms with E-state index < -0.39 is 0 Å². The smallest absolute Gasteiger partial charge is 0.317 e. The van der Waals surface area contributed by atoms with E-state index in [-0.39, 0.29) is 17.9 Å². The lowest BCUT2D eigenvalue weighted by molar-refractivity contribution is 0.154. The van der Waals surface area contributed by atoms with Gasteiger partial charge < -0.3 is 9.64 Å². The highest BCUT2D eigenvalue weighted by atomic mass is 16.5. The van der Waals surface area contributed by atoms with Gasteiger partial charge in [0.15, 0.2) is 6.29 Å². The minimum absolute atomic E-state index is 0.156. The molecule has 2 unspecified atom stereocenters. The van der Waals surface area contributed by atoms with Crippen LogP contribution < -0.4 is 10.5 Å². The molecule has 2 N–H and O–H groups in total. The Kier molecular flexibility index (Phi) is 3.18. The number of hydrogen-bond donors (Lipinski definition) is 1. The van der Waals surface area contributed by atoms with Gasteiger partial charge in [-0.05, 0) is 38.7 Å². The highest BCUT2D eigenvalue weighted by Gasteiger charge is 2.42. The number of allylic oxidation sites excluding steroid dienone is 1. The van der Waals surface area contributed by atoms with E-state index >= 15 is 0 Å². The zero-order valence-corrected chi connectivity index (χ0v) is 12.8. The number of nitrogens with two attached hydrogens (primary N) is 1. The third-order valence-electron chi connectivity index (χ3n) is 5.01. The summed E-state index contributed by atoms with van der Waals surface area (Å²) in [4.78, 5) is 6.36. The minimum Gasteiger partial charge on any atom is -0.460 e. The van der Waals surface area contributed by atoms with Crippen molar-refractivity contribution in [2.45, 2.75) is 63.0 Å². The molecule has 0 radical (unpaired) electrons. The number of ether oxygens (including phenoxy) is 1. The maximum Gasteiger partial charge on any atom is 0.317 e. The first-order valence-electron chi connectivity index (χ1n) is 7.96. The summed E-state index contributed by atoms with van der Waals surface area (Å²) < 4.78 is 8.21. The van der Waals surface area contributed by atoms with E-state index in [0.29, 0.717) is 12.1 Å². The summed E-state index contributed by atoms with van der Waals surface area (Å²) in [6, 6.07) is 1.03. The first kappa shape index (κ1) is 13.8. The fraction of sp³-hybridized carbons (Fsp3) is 0.667. The predicted molar refractivity (Wildman–Crippen MR) is 82.4 cm³/mol. The number of nitrogens with zero attached hydrogens (tertiary/aromatic N) is 5. The van der Waals surface area contributed by atoms with Gasteiger partial charge in [-0.3, -0.25) is 15.3 Å². The molecule has 2 heterocycles. The Morgan fingerprint density at radius 3 is 3.00 bits per heavy atom. The average molecular weight is 302 g/mol. The molecule has 1 aliphatic heterocycles. The molecule has 2 saturated carbocycles. The molecule has 2 fully saturated rings. The number of aromatic nitrogens is 3. The molecule has 0 bridgehead atoms. The Balaban J connectivity index is 1.41. The van der Waals surface area contributed by atoms with Gasteiger partial charge in [0.1, 0.15) is 12.4 Å².